The van der Waals surface area contributed by atoms with Crippen molar-refractivity contribution in [1.82, 2.24) is 16.0 Å². The highest BCUT2D eigenvalue weighted by atomic mass is 15.2. The van der Waals surface area contributed by atoms with Crippen molar-refractivity contribution >= 4 is 17.9 Å². The molecule has 2 unspecified atom stereocenters. The van der Waals surface area contributed by atoms with E-state index in [1.165, 1.54) is 44.9 Å². The summed E-state index contributed by atoms with van der Waals surface area (Å²) < 4.78 is 0. The lowest BCUT2D eigenvalue weighted by atomic mass is 10.00. The van der Waals surface area contributed by atoms with Crippen molar-refractivity contribution in [2.75, 3.05) is 32.8 Å². The Balaban J connectivity index is 3.83. The van der Waals surface area contributed by atoms with E-state index >= 15 is 0 Å². The lowest BCUT2D eigenvalue weighted by molar-refractivity contribution is 0.423. The van der Waals surface area contributed by atoms with Crippen molar-refractivity contribution in [2.45, 2.75) is 105 Å². The number of nitrogens with two attached hydrogens (primary N) is 3. The van der Waals surface area contributed by atoms with Crippen LogP contribution >= 0.6 is 0 Å². The molecule has 0 spiro atoms. The minimum atomic E-state index is 0.257. The first-order valence-electron chi connectivity index (χ1n) is 14.1. The van der Waals surface area contributed by atoms with Crippen LogP contribution in [0.4, 0.5) is 0 Å². The van der Waals surface area contributed by atoms with Gasteiger partial charge in [0.15, 0.2) is 11.9 Å². The third-order valence-electron chi connectivity index (χ3n) is 6.34. The largest absolute Gasteiger partial charge is 0.370 e. The molecule has 0 rings (SSSR count). The summed E-state index contributed by atoms with van der Waals surface area (Å²) in [5.41, 5.74) is 17.8. The van der Waals surface area contributed by atoms with Crippen molar-refractivity contribution in [2.24, 2.45) is 44.0 Å². The zero-order chi connectivity index (χ0) is 26.2. The molecule has 2 atom stereocenters. The van der Waals surface area contributed by atoms with Gasteiger partial charge in [-0.05, 0) is 44.1 Å². The number of guanidine groups is 3. The van der Waals surface area contributed by atoms with Crippen LogP contribution < -0.4 is 33.2 Å². The molecule has 9 N–H and O–H groups in total. The van der Waals surface area contributed by atoms with Gasteiger partial charge in [0.2, 0.25) is 5.96 Å². The number of nitrogens with one attached hydrogen (secondary N) is 3. The summed E-state index contributed by atoms with van der Waals surface area (Å²) in [5, 5.41) is 9.70. The fourth-order valence-electron chi connectivity index (χ4n) is 3.78. The number of rotatable bonds is 21. The third-order valence-corrected chi connectivity index (χ3v) is 6.34. The Bertz CT molecular complexity index is 575. The monoisotopic (exact) mass is 495 g/mol. The van der Waals surface area contributed by atoms with Crippen LogP contribution in [0.25, 0.3) is 0 Å². The fraction of sp³-hybridized carbons (Fsp3) is 0.885. The zero-order valence-electron chi connectivity index (χ0n) is 23.2. The predicted molar refractivity (Wildman–Crippen MR) is 154 cm³/mol. The topological polar surface area (TPSA) is 151 Å². The van der Waals surface area contributed by atoms with Gasteiger partial charge >= 0.3 is 0 Å². The van der Waals surface area contributed by atoms with Gasteiger partial charge in [0, 0.05) is 19.6 Å². The van der Waals surface area contributed by atoms with Crippen molar-refractivity contribution in [3.05, 3.63) is 0 Å². The van der Waals surface area contributed by atoms with Crippen LogP contribution in [0.3, 0.4) is 0 Å². The molecule has 206 valence electrons. The van der Waals surface area contributed by atoms with Gasteiger partial charge in [-0.15, -0.1) is 0 Å². The normalized spacial score (nSPS) is 14.7. The van der Waals surface area contributed by atoms with Crippen molar-refractivity contribution in [3.63, 3.8) is 0 Å². The van der Waals surface area contributed by atoms with E-state index in [0.29, 0.717) is 24.5 Å². The standard InChI is InChI=1S/C26H57N9/c1-5-9-15-22(7-3)19-30-21-34-24(27)31-17-13-11-12-14-18-32-25(28)35-26(29)33-20-23(8-4)16-10-6-2/h22-23,30H,5-21H2,1-4H3,(H3,27,31,34)(H5,28,29,32,33,35). The molecular formula is C26H57N9. The number of aliphatic imine (C=N–C) groups is 3. The van der Waals surface area contributed by atoms with Crippen LogP contribution in [0.2, 0.25) is 0 Å². The molecule has 35 heavy (non-hydrogen) atoms. The Morgan fingerprint density at radius 2 is 1.26 bits per heavy atom. The maximum atomic E-state index is 5.95. The van der Waals surface area contributed by atoms with Gasteiger partial charge in [0.05, 0.1) is 6.67 Å². The molecule has 0 aromatic carbocycles. The summed E-state index contributed by atoms with van der Waals surface area (Å²) in [4.78, 5) is 12.9. The second-order valence-electron chi connectivity index (χ2n) is 9.45. The Labute approximate surface area is 215 Å². The molecule has 0 saturated carbocycles. The van der Waals surface area contributed by atoms with Gasteiger partial charge in [-0.2, -0.15) is 4.99 Å². The summed E-state index contributed by atoms with van der Waals surface area (Å²) in [5.74, 6) is 2.41. The maximum absolute atomic E-state index is 5.95. The fourth-order valence-corrected chi connectivity index (χ4v) is 3.78. The van der Waals surface area contributed by atoms with E-state index in [0.717, 1.165) is 64.2 Å². The number of hydrogen-bond acceptors (Lipinski definition) is 3. The molecule has 0 bridgehead atoms. The third kappa shape index (κ3) is 21.0. The molecule has 0 radical (unpaired) electrons. The molecule has 0 saturated heterocycles. The molecule has 0 aliphatic rings. The van der Waals surface area contributed by atoms with E-state index in [9.17, 15) is 0 Å². The van der Waals surface area contributed by atoms with Gasteiger partial charge in [0.25, 0.3) is 0 Å². The SMILES string of the molecule is CCCCC(CC)CN=C(N)N=C(N)NCCCCCCNC(N)=NCNCC(CC)CCCC. The number of unbranched alkanes of at least 4 members (excludes halogenated alkanes) is 5. The Kier molecular flexibility index (Phi) is 22.3. The Morgan fingerprint density at radius 3 is 1.83 bits per heavy atom. The summed E-state index contributed by atoms with van der Waals surface area (Å²) in [6.07, 6.45) is 14.1. The highest BCUT2D eigenvalue weighted by Crippen LogP contribution is 2.13. The second kappa shape index (κ2) is 23.7. The van der Waals surface area contributed by atoms with E-state index in [1.54, 1.807) is 0 Å². The van der Waals surface area contributed by atoms with Crippen molar-refractivity contribution in [3.8, 4) is 0 Å². The van der Waals surface area contributed by atoms with Gasteiger partial charge in [0.1, 0.15) is 0 Å². The summed E-state index contributed by atoms with van der Waals surface area (Å²) in [6, 6.07) is 0. The van der Waals surface area contributed by atoms with Gasteiger partial charge in [-0.3, -0.25) is 10.3 Å². The van der Waals surface area contributed by atoms with Crippen LogP contribution in [0.1, 0.15) is 105 Å². The van der Waals surface area contributed by atoms with Crippen LogP contribution in [0, 0.1) is 11.8 Å². The number of hydrogen-bond donors (Lipinski definition) is 6. The summed E-state index contributed by atoms with van der Waals surface area (Å²) in [6.45, 7) is 12.8. The van der Waals surface area contributed by atoms with Crippen LogP contribution in [0.15, 0.2) is 15.0 Å². The van der Waals surface area contributed by atoms with Crippen molar-refractivity contribution in [1.29, 1.82) is 0 Å². The van der Waals surface area contributed by atoms with Crippen LogP contribution in [0.5, 0.6) is 0 Å². The van der Waals surface area contributed by atoms with E-state index < -0.39 is 0 Å². The molecule has 0 heterocycles. The molecule has 0 aromatic rings. The van der Waals surface area contributed by atoms with E-state index in [1.807, 2.05) is 0 Å². The van der Waals surface area contributed by atoms with Gasteiger partial charge in [-0.25, -0.2) is 4.99 Å². The maximum Gasteiger partial charge on any atom is 0.218 e. The molecule has 0 amide bonds. The minimum Gasteiger partial charge on any atom is -0.370 e. The molecule has 0 aromatic heterocycles. The first-order valence-corrected chi connectivity index (χ1v) is 14.1. The highest BCUT2D eigenvalue weighted by Gasteiger charge is 2.05. The van der Waals surface area contributed by atoms with Crippen LogP contribution in [-0.2, 0) is 0 Å². The molecular weight excluding hydrogens is 438 g/mol. The van der Waals surface area contributed by atoms with Gasteiger partial charge < -0.3 is 27.8 Å². The first-order chi connectivity index (χ1) is 17.0. The Morgan fingerprint density at radius 1 is 0.686 bits per heavy atom. The number of nitrogens with zero attached hydrogens (tertiary/aromatic N) is 3. The van der Waals surface area contributed by atoms with Crippen molar-refractivity contribution < 1.29 is 0 Å². The second-order valence-corrected chi connectivity index (χ2v) is 9.45. The quantitative estimate of drug-likeness (QED) is 0.0812. The van der Waals surface area contributed by atoms with E-state index in [4.69, 9.17) is 17.2 Å². The predicted octanol–water partition coefficient (Wildman–Crippen LogP) is 3.65. The molecule has 0 fully saturated rings. The minimum absolute atomic E-state index is 0.257. The first kappa shape index (κ1) is 33.0. The smallest absolute Gasteiger partial charge is 0.218 e. The summed E-state index contributed by atoms with van der Waals surface area (Å²) >= 11 is 0. The van der Waals surface area contributed by atoms with E-state index in [2.05, 4.69) is 58.6 Å². The van der Waals surface area contributed by atoms with E-state index in [-0.39, 0.29) is 5.96 Å². The lowest BCUT2D eigenvalue weighted by Gasteiger charge is -2.14. The Hall–Kier alpha value is -2.03. The van der Waals surface area contributed by atoms with Crippen LogP contribution in [-0.4, -0.2) is 50.7 Å². The highest BCUT2D eigenvalue weighted by molar-refractivity contribution is 5.93. The summed E-state index contributed by atoms with van der Waals surface area (Å²) in [7, 11) is 0. The molecule has 9 nitrogen and oxygen atoms in total. The average molecular weight is 496 g/mol. The van der Waals surface area contributed by atoms with Gasteiger partial charge in [-0.1, -0.05) is 79.1 Å². The molecule has 0 aliphatic carbocycles. The average Bonchev–Trinajstić information content (AvgIpc) is 2.85. The molecule has 9 heteroatoms. The zero-order valence-corrected chi connectivity index (χ0v) is 23.2. The lowest BCUT2D eigenvalue weighted by Crippen LogP contribution is -2.34. The molecule has 0 aliphatic heterocycles.